The fourth-order valence-electron chi connectivity index (χ4n) is 3.54. The van der Waals surface area contributed by atoms with Crippen LogP contribution in [0.4, 0.5) is 5.69 Å². The Morgan fingerprint density at radius 2 is 1.93 bits per heavy atom. The number of nitrogens with zero attached hydrogens (tertiary/aromatic N) is 1. The third kappa shape index (κ3) is 3.52. The molecular weight excluding hydrogens is 412 g/mol. The normalized spacial score (nSPS) is 18.4. The van der Waals surface area contributed by atoms with Crippen LogP contribution >= 0.6 is 23.8 Å². The molecule has 4 rings (SSSR count). The predicted molar refractivity (Wildman–Crippen MR) is 115 cm³/mol. The summed E-state index contributed by atoms with van der Waals surface area (Å²) in [6.07, 6.45) is 0. The minimum atomic E-state index is -0.517. The van der Waals surface area contributed by atoms with Crippen molar-refractivity contribution in [2.45, 2.75) is 13.0 Å². The number of benzene rings is 2. The van der Waals surface area contributed by atoms with Gasteiger partial charge in [0.05, 0.1) is 24.4 Å². The maximum Gasteiger partial charge on any atom is 0.337 e. The molecule has 150 valence electrons. The third-order valence-corrected chi connectivity index (χ3v) is 5.53. The van der Waals surface area contributed by atoms with Crippen LogP contribution < -0.4 is 19.7 Å². The molecule has 0 amide bonds. The summed E-state index contributed by atoms with van der Waals surface area (Å²) < 4.78 is 16.3. The molecule has 0 radical (unpaired) electrons. The Bertz CT molecular complexity index is 1020. The molecule has 1 atom stereocenters. The maximum absolute atomic E-state index is 12.7. The van der Waals surface area contributed by atoms with E-state index in [4.69, 9.17) is 38.0 Å². The standard InChI is InChI=1S/C21H19ClN2O4S/c1-12-18(20(25)26-2)19(14-5-3-4-6-15(14)22)23-21(29)24(12)13-7-8-16-17(11-13)28-10-9-27-16/h3-8,11,19H,9-10H2,1-2H3,(H,23,29). The van der Waals surface area contributed by atoms with Crippen molar-refractivity contribution in [2.75, 3.05) is 25.2 Å². The minimum Gasteiger partial charge on any atom is -0.486 e. The average Bonchev–Trinajstić information content (AvgIpc) is 2.73. The molecule has 2 aliphatic heterocycles. The SMILES string of the molecule is COC(=O)C1=C(C)N(c2ccc3c(c2)OCCO3)C(=S)NC1c1ccccc1Cl. The molecule has 2 aromatic rings. The minimum absolute atomic E-state index is 0.434. The Morgan fingerprint density at radius 3 is 2.66 bits per heavy atom. The van der Waals surface area contributed by atoms with E-state index in [1.165, 1.54) is 7.11 Å². The van der Waals surface area contributed by atoms with E-state index in [-0.39, 0.29) is 0 Å². The van der Waals surface area contributed by atoms with Crippen LogP contribution in [0.1, 0.15) is 18.5 Å². The Balaban J connectivity index is 1.82. The largest absolute Gasteiger partial charge is 0.486 e. The van der Waals surface area contributed by atoms with Gasteiger partial charge < -0.3 is 19.5 Å². The molecule has 8 heteroatoms. The van der Waals surface area contributed by atoms with Crippen LogP contribution in [0.15, 0.2) is 53.7 Å². The zero-order chi connectivity index (χ0) is 20.5. The Labute approximate surface area is 179 Å². The average molecular weight is 431 g/mol. The zero-order valence-electron chi connectivity index (χ0n) is 15.9. The summed E-state index contributed by atoms with van der Waals surface area (Å²) >= 11 is 12.0. The molecular formula is C21H19ClN2O4S. The van der Waals surface area contributed by atoms with Crippen LogP contribution in [-0.2, 0) is 9.53 Å². The van der Waals surface area contributed by atoms with E-state index in [0.29, 0.717) is 46.1 Å². The van der Waals surface area contributed by atoms with Crippen molar-refractivity contribution >= 4 is 40.6 Å². The lowest BCUT2D eigenvalue weighted by Gasteiger charge is -2.38. The highest BCUT2D eigenvalue weighted by Gasteiger charge is 2.36. The number of esters is 1. The van der Waals surface area contributed by atoms with Gasteiger partial charge in [0.1, 0.15) is 13.2 Å². The van der Waals surface area contributed by atoms with Gasteiger partial charge in [-0.15, -0.1) is 0 Å². The summed E-state index contributed by atoms with van der Waals surface area (Å²) in [5.41, 5.74) is 2.59. The number of carbonyl (C=O) groups excluding carboxylic acids is 1. The van der Waals surface area contributed by atoms with Crippen molar-refractivity contribution < 1.29 is 19.0 Å². The molecule has 2 aliphatic rings. The monoisotopic (exact) mass is 430 g/mol. The first-order valence-electron chi connectivity index (χ1n) is 9.05. The molecule has 29 heavy (non-hydrogen) atoms. The number of rotatable bonds is 3. The van der Waals surface area contributed by atoms with Crippen LogP contribution in [0.2, 0.25) is 5.02 Å². The van der Waals surface area contributed by atoms with Crippen LogP contribution in [0.25, 0.3) is 0 Å². The topological polar surface area (TPSA) is 60.0 Å². The fourth-order valence-corrected chi connectivity index (χ4v) is 4.15. The molecule has 2 heterocycles. The number of anilines is 1. The number of halogens is 1. The number of fused-ring (bicyclic) bond motifs is 1. The molecule has 1 unspecified atom stereocenters. The van der Waals surface area contributed by atoms with Crippen LogP contribution in [0.3, 0.4) is 0 Å². The van der Waals surface area contributed by atoms with E-state index in [1.807, 2.05) is 43.3 Å². The number of carbonyl (C=O) groups is 1. The molecule has 0 aliphatic carbocycles. The molecule has 0 saturated heterocycles. The molecule has 0 spiro atoms. The lowest BCUT2D eigenvalue weighted by atomic mass is 9.94. The van der Waals surface area contributed by atoms with E-state index in [0.717, 1.165) is 11.3 Å². The summed E-state index contributed by atoms with van der Waals surface area (Å²) in [5, 5.41) is 4.22. The molecule has 0 fully saturated rings. The van der Waals surface area contributed by atoms with Crippen LogP contribution in [0.5, 0.6) is 11.5 Å². The smallest absolute Gasteiger partial charge is 0.337 e. The predicted octanol–water partition coefficient (Wildman–Crippen LogP) is 3.99. The van der Waals surface area contributed by atoms with E-state index in [1.54, 1.807) is 11.0 Å². The number of thiocarbonyl (C=S) groups is 1. The molecule has 0 aromatic heterocycles. The number of nitrogens with one attached hydrogen (secondary N) is 1. The highest BCUT2D eigenvalue weighted by molar-refractivity contribution is 7.80. The van der Waals surface area contributed by atoms with Gasteiger partial charge in [-0.3, -0.25) is 4.90 Å². The zero-order valence-corrected chi connectivity index (χ0v) is 17.5. The Morgan fingerprint density at radius 1 is 1.21 bits per heavy atom. The Kier molecular flexibility index (Phi) is 5.34. The van der Waals surface area contributed by atoms with Gasteiger partial charge in [-0.25, -0.2) is 4.79 Å². The molecule has 2 aromatic carbocycles. The van der Waals surface area contributed by atoms with Crippen molar-refractivity contribution in [3.8, 4) is 11.5 Å². The highest BCUT2D eigenvalue weighted by Crippen LogP contribution is 2.39. The summed E-state index contributed by atoms with van der Waals surface area (Å²) in [6.45, 7) is 2.83. The number of methoxy groups -OCH3 is 1. The first-order valence-corrected chi connectivity index (χ1v) is 9.83. The molecule has 0 bridgehead atoms. The van der Waals surface area contributed by atoms with Crippen LogP contribution in [-0.4, -0.2) is 31.4 Å². The fraction of sp³-hybridized carbons (Fsp3) is 0.238. The van der Waals surface area contributed by atoms with Gasteiger partial charge in [0.25, 0.3) is 0 Å². The number of allylic oxidation sites excluding steroid dienone is 1. The second-order valence-corrected chi connectivity index (χ2v) is 7.35. The summed E-state index contributed by atoms with van der Waals surface area (Å²) in [4.78, 5) is 14.5. The number of ether oxygens (including phenoxy) is 3. The van der Waals surface area contributed by atoms with E-state index in [9.17, 15) is 4.79 Å². The summed E-state index contributed by atoms with van der Waals surface area (Å²) in [6, 6.07) is 12.4. The van der Waals surface area contributed by atoms with Crippen molar-refractivity contribution in [3.05, 3.63) is 64.3 Å². The first-order chi connectivity index (χ1) is 14.0. The van der Waals surface area contributed by atoms with Gasteiger partial charge in [-0.05, 0) is 42.9 Å². The first kappa shape index (κ1) is 19.5. The number of hydrogen-bond donors (Lipinski definition) is 1. The lowest BCUT2D eigenvalue weighted by molar-refractivity contribution is -0.136. The highest BCUT2D eigenvalue weighted by atomic mass is 35.5. The second kappa shape index (κ2) is 7.93. The quantitative estimate of drug-likeness (QED) is 0.583. The van der Waals surface area contributed by atoms with Crippen molar-refractivity contribution in [2.24, 2.45) is 0 Å². The van der Waals surface area contributed by atoms with Crippen molar-refractivity contribution in [1.29, 1.82) is 0 Å². The van der Waals surface area contributed by atoms with Gasteiger partial charge in [0.15, 0.2) is 16.6 Å². The second-order valence-electron chi connectivity index (χ2n) is 6.56. The molecule has 6 nitrogen and oxygen atoms in total. The molecule has 1 N–H and O–H groups in total. The van der Waals surface area contributed by atoms with E-state index >= 15 is 0 Å². The van der Waals surface area contributed by atoms with Crippen molar-refractivity contribution in [3.63, 3.8) is 0 Å². The van der Waals surface area contributed by atoms with Crippen LogP contribution in [0, 0.1) is 0 Å². The van der Waals surface area contributed by atoms with Crippen molar-refractivity contribution in [1.82, 2.24) is 5.32 Å². The van der Waals surface area contributed by atoms with E-state index < -0.39 is 12.0 Å². The summed E-state index contributed by atoms with van der Waals surface area (Å²) in [7, 11) is 1.35. The molecule has 0 saturated carbocycles. The Hall–Kier alpha value is -2.77. The maximum atomic E-state index is 12.7. The van der Waals surface area contributed by atoms with Gasteiger partial charge in [-0.1, -0.05) is 29.8 Å². The summed E-state index contributed by atoms with van der Waals surface area (Å²) in [5.74, 6) is 0.863. The van der Waals surface area contributed by atoms with E-state index in [2.05, 4.69) is 5.32 Å². The lowest BCUT2D eigenvalue weighted by Crippen LogP contribution is -2.48. The van der Waals surface area contributed by atoms with Gasteiger partial charge in [0, 0.05) is 16.8 Å². The van der Waals surface area contributed by atoms with Gasteiger partial charge in [0.2, 0.25) is 0 Å². The van der Waals surface area contributed by atoms with Gasteiger partial charge >= 0.3 is 5.97 Å². The third-order valence-electron chi connectivity index (χ3n) is 4.89. The number of hydrogen-bond acceptors (Lipinski definition) is 5. The van der Waals surface area contributed by atoms with Gasteiger partial charge in [-0.2, -0.15) is 0 Å².